The molecule has 0 radical (unpaired) electrons. The van der Waals surface area contributed by atoms with E-state index < -0.39 is 5.97 Å². The minimum atomic E-state index is -0.768. The fraction of sp³-hybridized carbons (Fsp3) is 0.514. The van der Waals surface area contributed by atoms with Gasteiger partial charge in [0.1, 0.15) is 11.6 Å². The SMILES string of the molecule is CCC1([C@H](CC(=O)O)c2ccnc(OCC3CCN(c4cc(OC)ccc4C(=O)N(CC(C)(C)C)c4ccccn4)CC3)c2)CC1. The van der Waals surface area contributed by atoms with Crippen LogP contribution >= 0.6 is 0 Å². The molecular formula is C37H48N4O5. The molecule has 9 heteroatoms. The van der Waals surface area contributed by atoms with Crippen molar-refractivity contribution in [2.24, 2.45) is 16.7 Å². The van der Waals surface area contributed by atoms with Crippen molar-refractivity contribution in [3.8, 4) is 11.6 Å². The van der Waals surface area contributed by atoms with E-state index in [1.54, 1.807) is 24.4 Å². The van der Waals surface area contributed by atoms with E-state index in [0.29, 0.717) is 42.1 Å². The minimum Gasteiger partial charge on any atom is -0.497 e. The summed E-state index contributed by atoms with van der Waals surface area (Å²) in [5, 5.41) is 9.60. The second-order valence-electron chi connectivity index (χ2n) is 14.1. The van der Waals surface area contributed by atoms with Crippen molar-refractivity contribution in [2.75, 3.05) is 43.2 Å². The van der Waals surface area contributed by atoms with Gasteiger partial charge in [0, 0.05) is 50.1 Å². The number of methoxy groups -OCH3 is 1. The maximum atomic E-state index is 14.2. The summed E-state index contributed by atoms with van der Waals surface area (Å²) < 4.78 is 11.8. The van der Waals surface area contributed by atoms with Crippen LogP contribution < -0.4 is 19.3 Å². The average Bonchev–Trinajstić information content (AvgIpc) is 3.86. The highest BCUT2D eigenvalue weighted by Crippen LogP contribution is 2.59. The number of aliphatic carboxylic acids is 1. The van der Waals surface area contributed by atoms with Crippen molar-refractivity contribution in [2.45, 2.75) is 72.1 Å². The summed E-state index contributed by atoms with van der Waals surface area (Å²) in [6, 6.07) is 15.2. The second kappa shape index (κ2) is 14.1. The number of carboxylic acids is 1. The molecule has 2 fully saturated rings. The predicted molar refractivity (Wildman–Crippen MR) is 180 cm³/mol. The number of anilines is 2. The molecule has 2 aliphatic rings. The number of carbonyl (C=O) groups excluding carboxylic acids is 1. The number of rotatable bonds is 13. The number of aromatic nitrogens is 2. The van der Waals surface area contributed by atoms with Crippen LogP contribution in [0.5, 0.6) is 11.6 Å². The van der Waals surface area contributed by atoms with E-state index in [2.05, 4.69) is 42.6 Å². The van der Waals surface area contributed by atoms with Crippen LogP contribution in [0.2, 0.25) is 0 Å². The van der Waals surface area contributed by atoms with E-state index in [9.17, 15) is 14.7 Å². The molecule has 246 valence electrons. The summed E-state index contributed by atoms with van der Waals surface area (Å²) in [5.41, 5.74) is 2.44. The van der Waals surface area contributed by atoms with Crippen LogP contribution in [0.4, 0.5) is 11.5 Å². The number of hydrogen-bond acceptors (Lipinski definition) is 7. The van der Waals surface area contributed by atoms with Gasteiger partial charge in [-0.1, -0.05) is 33.8 Å². The third-order valence-corrected chi connectivity index (χ3v) is 9.54. The highest BCUT2D eigenvalue weighted by Gasteiger charge is 2.48. The van der Waals surface area contributed by atoms with Crippen LogP contribution in [0.3, 0.4) is 0 Å². The number of amides is 1. The first-order valence-corrected chi connectivity index (χ1v) is 16.5. The molecule has 1 atom stereocenters. The Morgan fingerprint density at radius 1 is 1.07 bits per heavy atom. The van der Waals surface area contributed by atoms with Crippen molar-refractivity contribution in [3.05, 3.63) is 72.1 Å². The molecule has 9 nitrogen and oxygen atoms in total. The zero-order valence-electron chi connectivity index (χ0n) is 27.9. The van der Waals surface area contributed by atoms with Gasteiger partial charge in [-0.3, -0.25) is 14.5 Å². The zero-order chi connectivity index (χ0) is 32.9. The Balaban J connectivity index is 1.27. The lowest BCUT2D eigenvalue weighted by Crippen LogP contribution is -2.40. The molecule has 1 aliphatic carbocycles. The third-order valence-electron chi connectivity index (χ3n) is 9.54. The van der Waals surface area contributed by atoms with Crippen LogP contribution in [0, 0.1) is 16.7 Å². The highest BCUT2D eigenvalue weighted by atomic mass is 16.5. The molecule has 0 spiro atoms. The van der Waals surface area contributed by atoms with Crippen LogP contribution in [0.25, 0.3) is 0 Å². The number of pyridine rings is 2. The first-order valence-electron chi connectivity index (χ1n) is 16.5. The van der Waals surface area contributed by atoms with Crippen LogP contribution in [-0.2, 0) is 4.79 Å². The molecule has 1 aliphatic heterocycles. The van der Waals surface area contributed by atoms with Gasteiger partial charge in [0.05, 0.1) is 31.4 Å². The molecule has 46 heavy (non-hydrogen) atoms. The zero-order valence-corrected chi connectivity index (χ0v) is 27.9. The lowest BCUT2D eigenvalue weighted by atomic mass is 9.79. The van der Waals surface area contributed by atoms with Crippen molar-refractivity contribution in [3.63, 3.8) is 0 Å². The maximum Gasteiger partial charge on any atom is 0.303 e. The molecular weight excluding hydrogens is 580 g/mol. The first-order chi connectivity index (χ1) is 22.0. The lowest BCUT2D eigenvalue weighted by Gasteiger charge is -2.36. The summed E-state index contributed by atoms with van der Waals surface area (Å²) >= 11 is 0. The molecule has 2 aromatic heterocycles. The van der Waals surface area contributed by atoms with Gasteiger partial charge in [0.2, 0.25) is 5.88 Å². The lowest BCUT2D eigenvalue weighted by molar-refractivity contribution is -0.137. The van der Waals surface area contributed by atoms with Gasteiger partial charge in [-0.05, 0) is 84.7 Å². The van der Waals surface area contributed by atoms with Gasteiger partial charge >= 0.3 is 5.97 Å². The Bertz CT molecular complexity index is 1490. The Morgan fingerprint density at radius 2 is 1.83 bits per heavy atom. The summed E-state index contributed by atoms with van der Waals surface area (Å²) in [6.45, 7) is 11.1. The third kappa shape index (κ3) is 7.98. The number of piperidine rings is 1. The van der Waals surface area contributed by atoms with E-state index in [0.717, 1.165) is 56.4 Å². The topological polar surface area (TPSA) is 105 Å². The van der Waals surface area contributed by atoms with Crippen LogP contribution in [-0.4, -0.2) is 60.3 Å². The van der Waals surface area contributed by atoms with Gasteiger partial charge in [0.25, 0.3) is 5.91 Å². The Labute approximate surface area is 273 Å². The second-order valence-corrected chi connectivity index (χ2v) is 14.1. The highest BCUT2D eigenvalue weighted by molar-refractivity contribution is 6.09. The van der Waals surface area contributed by atoms with E-state index in [-0.39, 0.29) is 29.1 Å². The Kier molecular flexibility index (Phi) is 10.2. The molecule has 1 aromatic carbocycles. The van der Waals surface area contributed by atoms with E-state index in [1.807, 2.05) is 48.5 Å². The molecule has 3 aromatic rings. The molecule has 0 unspecified atom stereocenters. The number of nitrogens with zero attached hydrogens (tertiary/aromatic N) is 4. The van der Waals surface area contributed by atoms with E-state index in [4.69, 9.17) is 9.47 Å². The summed E-state index contributed by atoms with van der Waals surface area (Å²) in [6.07, 6.45) is 8.49. The monoisotopic (exact) mass is 628 g/mol. The van der Waals surface area contributed by atoms with E-state index >= 15 is 0 Å². The van der Waals surface area contributed by atoms with Gasteiger partial charge in [-0.2, -0.15) is 0 Å². The standard InChI is InChI=1S/C37H48N4O5/c1-6-37(15-16-37)30(23-34(42)43)27-12-18-39-33(21-27)46-24-26-13-19-40(20-14-26)31-22-28(45-5)10-11-29(31)35(44)41(25-36(2,3)4)32-9-7-8-17-38-32/h7-12,17-18,21-22,26,30H,6,13-16,19-20,23-25H2,1-5H3,(H,42,43)/t30-/m1/s1. The number of ether oxygens (including phenoxy) is 2. The molecule has 5 rings (SSSR count). The summed E-state index contributed by atoms with van der Waals surface area (Å²) in [4.78, 5) is 38.9. The number of carbonyl (C=O) groups is 2. The van der Waals surface area contributed by atoms with Crippen molar-refractivity contribution in [1.82, 2.24) is 9.97 Å². The fourth-order valence-corrected chi connectivity index (χ4v) is 6.71. The Morgan fingerprint density at radius 3 is 2.43 bits per heavy atom. The smallest absolute Gasteiger partial charge is 0.303 e. The minimum absolute atomic E-state index is 0.0275. The first kappa shape index (κ1) is 33.2. The molecule has 1 N–H and O–H groups in total. The quantitative estimate of drug-likeness (QED) is 0.212. The average molecular weight is 629 g/mol. The van der Waals surface area contributed by atoms with Crippen molar-refractivity contribution >= 4 is 23.4 Å². The number of benzene rings is 1. The largest absolute Gasteiger partial charge is 0.497 e. The number of carboxylic acid groups (broad SMARTS) is 1. The van der Waals surface area contributed by atoms with Crippen molar-refractivity contribution < 1.29 is 24.2 Å². The van der Waals surface area contributed by atoms with Gasteiger partial charge in [-0.25, -0.2) is 9.97 Å². The summed E-state index contributed by atoms with van der Waals surface area (Å²) in [7, 11) is 1.64. The molecule has 0 bridgehead atoms. The van der Waals surface area contributed by atoms with Crippen molar-refractivity contribution in [1.29, 1.82) is 0 Å². The van der Waals surface area contributed by atoms with Crippen LogP contribution in [0.15, 0.2) is 60.9 Å². The fourth-order valence-electron chi connectivity index (χ4n) is 6.71. The molecule has 1 amide bonds. The van der Waals surface area contributed by atoms with Gasteiger partial charge in [0.15, 0.2) is 0 Å². The van der Waals surface area contributed by atoms with Gasteiger partial charge in [-0.15, -0.1) is 0 Å². The van der Waals surface area contributed by atoms with Crippen LogP contribution in [0.1, 0.15) is 88.1 Å². The number of hydrogen-bond donors (Lipinski definition) is 1. The maximum absolute atomic E-state index is 14.2. The van der Waals surface area contributed by atoms with E-state index in [1.165, 1.54) is 0 Å². The summed E-state index contributed by atoms with van der Waals surface area (Å²) in [5.74, 6) is 1.35. The van der Waals surface area contributed by atoms with Gasteiger partial charge < -0.3 is 19.5 Å². The normalized spacial score (nSPS) is 16.8. The molecule has 1 saturated carbocycles. The Hall–Kier alpha value is -4.14. The molecule has 3 heterocycles. The molecule has 1 saturated heterocycles. The predicted octanol–water partition coefficient (Wildman–Crippen LogP) is 7.22.